The number of amides is 1. The second-order valence-electron chi connectivity index (χ2n) is 6.59. The molecule has 1 atom stereocenters. The number of hydrogen-bond acceptors (Lipinski definition) is 6. The Labute approximate surface area is 128 Å². The molecule has 0 spiro atoms. The Kier molecular flexibility index (Phi) is 4.83. The topological polar surface area (TPSA) is 84.3 Å². The Bertz CT molecular complexity index is 490. The number of carbonyl (C=O) groups excluding carboxylic acids is 1. The Morgan fingerprint density at radius 1 is 1.48 bits per heavy atom. The lowest BCUT2D eigenvalue weighted by Crippen LogP contribution is -2.46. The van der Waals surface area contributed by atoms with Crippen LogP contribution < -0.4 is 5.32 Å². The van der Waals surface area contributed by atoms with Gasteiger partial charge in [-0.15, -0.1) is 10.2 Å². The Hall–Kier alpha value is -1.21. The molecule has 1 aliphatic carbocycles. The molecule has 0 radical (unpaired) electrons. The third-order valence-corrected chi connectivity index (χ3v) is 4.38. The van der Waals surface area contributed by atoms with E-state index in [-0.39, 0.29) is 12.1 Å². The molecule has 7 heteroatoms. The lowest BCUT2D eigenvalue weighted by atomic mass is 9.78. The number of ether oxygens (including phenoxy) is 1. The average molecular weight is 313 g/mol. The van der Waals surface area contributed by atoms with Crippen LogP contribution >= 0.6 is 11.3 Å². The van der Waals surface area contributed by atoms with Crippen molar-refractivity contribution in [2.45, 2.75) is 64.7 Å². The fraction of sp³-hybridized carbons (Fsp3) is 0.786. The van der Waals surface area contributed by atoms with Gasteiger partial charge in [-0.1, -0.05) is 11.3 Å². The maximum absolute atomic E-state index is 11.6. The van der Waals surface area contributed by atoms with Gasteiger partial charge in [-0.2, -0.15) is 0 Å². The number of alkyl carbamates (subject to hydrolysis) is 1. The van der Waals surface area contributed by atoms with Gasteiger partial charge in [0.15, 0.2) is 0 Å². The molecule has 118 valence electrons. The SMILES string of the molecule is C[C@@H](O)c1nnc(CC2CC(NC(=O)OC(C)(C)C)C2)s1. The number of rotatable bonds is 4. The van der Waals surface area contributed by atoms with Gasteiger partial charge in [0.1, 0.15) is 21.7 Å². The number of carbonyl (C=O) groups is 1. The molecule has 1 saturated carbocycles. The molecule has 0 aromatic carbocycles. The predicted octanol–water partition coefficient (Wildman–Crippen LogP) is 2.44. The fourth-order valence-electron chi connectivity index (χ4n) is 2.26. The van der Waals surface area contributed by atoms with Gasteiger partial charge < -0.3 is 15.2 Å². The first-order valence-electron chi connectivity index (χ1n) is 7.23. The molecular weight excluding hydrogens is 290 g/mol. The lowest BCUT2D eigenvalue weighted by Gasteiger charge is -2.35. The second kappa shape index (κ2) is 6.27. The van der Waals surface area contributed by atoms with Crippen LogP contribution in [0.3, 0.4) is 0 Å². The molecular formula is C14H23N3O3S. The lowest BCUT2D eigenvalue weighted by molar-refractivity contribution is 0.0452. The zero-order valence-electron chi connectivity index (χ0n) is 12.9. The summed E-state index contributed by atoms with van der Waals surface area (Å²) < 4.78 is 5.23. The summed E-state index contributed by atoms with van der Waals surface area (Å²) in [7, 11) is 0. The first-order valence-corrected chi connectivity index (χ1v) is 8.04. The van der Waals surface area contributed by atoms with Crippen molar-refractivity contribution >= 4 is 17.4 Å². The van der Waals surface area contributed by atoms with E-state index in [1.807, 2.05) is 20.8 Å². The van der Waals surface area contributed by atoms with E-state index in [9.17, 15) is 9.90 Å². The third-order valence-electron chi connectivity index (χ3n) is 3.26. The first kappa shape index (κ1) is 16.2. The van der Waals surface area contributed by atoms with Crippen molar-refractivity contribution in [3.8, 4) is 0 Å². The van der Waals surface area contributed by atoms with Crippen LogP contribution in [0.2, 0.25) is 0 Å². The van der Waals surface area contributed by atoms with Crippen LogP contribution in [-0.2, 0) is 11.2 Å². The van der Waals surface area contributed by atoms with E-state index in [0.717, 1.165) is 24.3 Å². The average Bonchev–Trinajstić information content (AvgIpc) is 2.72. The minimum atomic E-state index is -0.556. The smallest absolute Gasteiger partial charge is 0.407 e. The van der Waals surface area contributed by atoms with Gasteiger partial charge >= 0.3 is 6.09 Å². The van der Waals surface area contributed by atoms with E-state index < -0.39 is 11.7 Å². The number of aliphatic hydroxyl groups is 1. The van der Waals surface area contributed by atoms with Crippen LogP contribution in [0.15, 0.2) is 0 Å². The molecule has 0 aliphatic heterocycles. The highest BCUT2D eigenvalue weighted by atomic mass is 32.1. The van der Waals surface area contributed by atoms with E-state index >= 15 is 0 Å². The summed E-state index contributed by atoms with van der Waals surface area (Å²) in [6.45, 7) is 7.25. The maximum Gasteiger partial charge on any atom is 0.407 e. The van der Waals surface area contributed by atoms with Crippen molar-refractivity contribution in [1.82, 2.24) is 15.5 Å². The van der Waals surface area contributed by atoms with Gasteiger partial charge in [-0.05, 0) is 46.5 Å². The zero-order valence-corrected chi connectivity index (χ0v) is 13.7. The standard InChI is InChI=1S/C14H23N3O3S/c1-8(18)12-17-16-11(21-12)7-9-5-10(6-9)15-13(19)20-14(2,3)4/h8-10,18H,5-7H2,1-4H3,(H,15,19)/t8-,9?,10?/m1/s1. The van der Waals surface area contributed by atoms with Gasteiger partial charge in [0.25, 0.3) is 0 Å². The molecule has 6 nitrogen and oxygen atoms in total. The molecule has 1 fully saturated rings. The van der Waals surface area contributed by atoms with E-state index in [0.29, 0.717) is 10.9 Å². The van der Waals surface area contributed by atoms with Gasteiger partial charge in [0.05, 0.1) is 0 Å². The van der Waals surface area contributed by atoms with Crippen molar-refractivity contribution in [3.63, 3.8) is 0 Å². The molecule has 0 bridgehead atoms. The summed E-state index contributed by atoms with van der Waals surface area (Å²) in [6, 6.07) is 0.189. The van der Waals surface area contributed by atoms with Crippen molar-refractivity contribution < 1.29 is 14.6 Å². The number of aromatic nitrogens is 2. The van der Waals surface area contributed by atoms with Crippen molar-refractivity contribution in [2.75, 3.05) is 0 Å². The molecule has 1 aromatic rings. The normalized spacial score (nSPS) is 23.3. The molecule has 2 N–H and O–H groups in total. The largest absolute Gasteiger partial charge is 0.444 e. The van der Waals surface area contributed by atoms with Gasteiger partial charge in [0.2, 0.25) is 0 Å². The van der Waals surface area contributed by atoms with Crippen LogP contribution in [0, 0.1) is 5.92 Å². The molecule has 1 aromatic heterocycles. The zero-order chi connectivity index (χ0) is 15.6. The molecule has 21 heavy (non-hydrogen) atoms. The monoisotopic (exact) mass is 313 g/mol. The quantitative estimate of drug-likeness (QED) is 0.892. The molecule has 1 amide bonds. The highest BCUT2D eigenvalue weighted by Crippen LogP contribution is 2.32. The first-order chi connectivity index (χ1) is 9.73. The van der Waals surface area contributed by atoms with Crippen LogP contribution in [0.5, 0.6) is 0 Å². The van der Waals surface area contributed by atoms with E-state index in [4.69, 9.17) is 4.74 Å². The maximum atomic E-state index is 11.6. The highest BCUT2D eigenvalue weighted by Gasteiger charge is 2.32. The summed E-state index contributed by atoms with van der Waals surface area (Å²) >= 11 is 1.46. The van der Waals surface area contributed by atoms with E-state index in [1.165, 1.54) is 11.3 Å². The molecule has 2 rings (SSSR count). The Morgan fingerprint density at radius 3 is 2.67 bits per heavy atom. The van der Waals surface area contributed by atoms with Crippen molar-refractivity contribution in [1.29, 1.82) is 0 Å². The number of nitrogens with zero attached hydrogens (tertiary/aromatic N) is 2. The Balaban J connectivity index is 1.70. The molecule has 1 aliphatic rings. The number of nitrogens with one attached hydrogen (secondary N) is 1. The second-order valence-corrected chi connectivity index (χ2v) is 7.69. The minimum absolute atomic E-state index is 0.189. The minimum Gasteiger partial charge on any atom is -0.444 e. The summed E-state index contributed by atoms with van der Waals surface area (Å²) in [4.78, 5) is 11.6. The van der Waals surface area contributed by atoms with Crippen molar-refractivity contribution in [2.24, 2.45) is 5.92 Å². The highest BCUT2D eigenvalue weighted by molar-refractivity contribution is 7.11. The number of aliphatic hydroxyl groups excluding tert-OH is 1. The summed E-state index contributed by atoms with van der Waals surface area (Å²) in [5.41, 5.74) is -0.461. The van der Waals surface area contributed by atoms with Gasteiger partial charge in [0, 0.05) is 12.5 Å². The summed E-state index contributed by atoms with van der Waals surface area (Å²) in [5, 5.41) is 22.0. The summed E-state index contributed by atoms with van der Waals surface area (Å²) in [6.07, 6.45) is 1.82. The van der Waals surface area contributed by atoms with E-state index in [1.54, 1.807) is 6.92 Å². The van der Waals surface area contributed by atoms with Gasteiger partial charge in [-0.3, -0.25) is 0 Å². The predicted molar refractivity (Wildman–Crippen MR) is 80.1 cm³/mol. The van der Waals surface area contributed by atoms with Crippen molar-refractivity contribution in [3.05, 3.63) is 10.0 Å². The number of hydrogen-bond donors (Lipinski definition) is 2. The molecule has 0 saturated heterocycles. The molecule has 0 unspecified atom stereocenters. The van der Waals surface area contributed by atoms with Crippen LogP contribution in [0.4, 0.5) is 4.79 Å². The summed E-state index contributed by atoms with van der Waals surface area (Å²) in [5.74, 6) is 0.514. The van der Waals surface area contributed by atoms with Crippen LogP contribution in [0.1, 0.15) is 56.7 Å². The van der Waals surface area contributed by atoms with Gasteiger partial charge in [-0.25, -0.2) is 4.79 Å². The Morgan fingerprint density at radius 2 is 2.14 bits per heavy atom. The van der Waals surface area contributed by atoms with Crippen LogP contribution in [-0.4, -0.2) is 33.0 Å². The fourth-order valence-corrected chi connectivity index (χ4v) is 3.15. The molecule has 1 heterocycles. The van der Waals surface area contributed by atoms with E-state index in [2.05, 4.69) is 15.5 Å². The van der Waals surface area contributed by atoms with Crippen LogP contribution in [0.25, 0.3) is 0 Å². The third kappa shape index (κ3) is 4.93.